The van der Waals surface area contributed by atoms with Crippen molar-refractivity contribution in [2.75, 3.05) is 13.1 Å². The lowest BCUT2D eigenvalue weighted by Crippen LogP contribution is -2.58. The molecule has 4 fully saturated rings. The second kappa shape index (κ2) is 7.19. The number of alkyl halides is 1. The van der Waals surface area contributed by atoms with Gasteiger partial charge in [-0.25, -0.2) is 4.39 Å². The third kappa shape index (κ3) is 4.05. The highest BCUT2D eigenvalue weighted by molar-refractivity contribution is 9.10. The lowest BCUT2D eigenvalue weighted by atomic mass is 9.49. The van der Waals surface area contributed by atoms with Crippen LogP contribution in [0.5, 0.6) is 0 Å². The van der Waals surface area contributed by atoms with E-state index in [0.717, 1.165) is 19.3 Å². The van der Waals surface area contributed by atoms with E-state index in [9.17, 15) is 14.0 Å². The number of benzene rings is 1. The molecule has 4 bridgehead atoms. The Labute approximate surface area is 167 Å². The van der Waals surface area contributed by atoms with Gasteiger partial charge in [-0.2, -0.15) is 0 Å². The predicted molar refractivity (Wildman–Crippen MR) is 105 cm³/mol. The van der Waals surface area contributed by atoms with E-state index in [0.29, 0.717) is 30.5 Å². The summed E-state index contributed by atoms with van der Waals surface area (Å²) in [6, 6.07) is 6.05. The van der Waals surface area contributed by atoms with Gasteiger partial charge in [0.1, 0.15) is 5.82 Å². The van der Waals surface area contributed by atoms with Gasteiger partial charge < -0.3 is 10.6 Å². The molecule has 1 aromatic rings. The van der Waals surface area contributed by atoms with Crippen molar-refractivity contribution >= 4 is 27.7 Å². The molecule has 146 valence electrons. The molecule has 2 unspecified atom stereocenters. The van der Waals surface area contributed by atoms with Crippen molar-refractivity contribution in [3.63, 3.8) is 0 Å². The van der Waals surface area contributed by atoms with Crippen LogP contribution in [0.3, 0.4) is 0 Å². The summed E-state index contributed by atoms with van der Waals surface area (Å²) in [6.45, 7) is 0.822. The maximum absolute atomic E-state index is 13.2. The highest BCUT2D eigenvalue weighted by atomic mass is 79.9. The van der Waals surface area contributed by atoms with Crippen LogP contribution in [-0.2, 0) is 16.0 Å². The topological polar surface area (TPSA) is 58.2 Å². The van der Waals surface area contributed by atoms with E-state index < -0.39 is 0 Å². The van der Waals surface area contributed by atoms with E-state index in [2.05, 4.69) is 26.6 Å². The van der Waals surface area contributed by atoms with E-state index in [4.69, 9.17) is 0 Å². The molecule has 0 saturated heterocycles. The number of nitrogens with one attached hydrogen (secondary N) is 2. The van der Waals surface area contributed by atoms with Crippen molar-refractivity contribution in [2.45, 2.75) is 49.3 Å². The van der Waals surface area contributed by atoms with Gasteiger partial charge in [-0.1, -0.05) is 28.1 Å². The first-order chi connectivity index (χ1) is 12.9. The molecule has 0 aliphatic heterocycles. The maximum Gasteiger partial charge on any atom is 0.226 e. The van der Waals surface area contributed by atoms with Crippen LogP contribution in [0.2, 0.25) is 0 Å². The molecule has 4 nitrogen and oxygen atoms in total. The van der Waals surface area contributed by atoms with Crippen LogP contribution >= 0.6 is 15.9 Å². The van der Waals surface area contributed by atoms with E-state index in [-0.39, 0.29) is 33.8 Å². The summed E-state index contributed by atoms with van der Waals surface area (Å²) in [5.74, 6) is 0.987. The van der Waals surface area contributed by atoms with Crippen LogP contribution in [0.1, 0.15) is 44.1 Å². The number of carbonyl (C=O) groups is 2. The number of carbonyl (C=O) groups excluding carboxylic acids is 2. The number of halogens is 2. The molecule has 5 rings (SSSR count). The van der Waals surface area contributed by atoms with Crippen molar-refractivity contribution in [3.05, 3.63) is 35.6 Å². The SMILES string of the molecule is O=C(Cc1cccc(F)c1)NCCNC(=O)C12CC3CC(CC(Br)(C3)C1)C2. The largest absolute Gasteiger partial charge is 0.354 e. The third-order valence-electron chi connectivity index (χ3n) is 6.46. The Bertz CT molecular complexity index is 739. The zero-order valence-electron chi connectivity index (χ0n) is 15.4. The monoisotopic (exact) mass is 436 g/mol. The summed E-state index contributed by atoms with van der Waals surface area (Å²) in [5.41, 5.74) is 0.423. The van der Waals surface area contributed by atoms with Crippen molar-refractivity contribution in [3.8, 4) is 0 Å². The van der Waals surface area contributed by atoms with E-state index >= 15 is 0 Å². The normalized spacial score (nSPS) is 33.7. The van der Waals surface area contributed by atoms with Crippen molar-refractivity contribution in [2.24, 2.45) is 17.3 Å². The Morgan fingerprint density at radius 3 is 2.48 bits per heavy atom. The molecule has 1 aromatic carbocycles. The van der Waals surface area contributed by atoms with Crippen LogP contribution in [0, 0.1) is 23.1 Å². The van der Waals surface area contributed by atoms with Gasteiger partial charge in [0.25, 0.3) is 0 Å². The smallest absolute Gasteiger partial charge is 0.226 e. The molecule has 4 saturated carbocycles. The molecular weight excluding hydrogens is 411 g/mol. The van der Waals surface area contributed by atoms with Crippen LogP contribution in [0.15, 0.2) is 24.3 Å². The number of rotatable bonds is 6. The van der Waals surface area contributed by atoms with Crippen LogP contribution in [0.4, 0.5) is 4.39 Å². The van der Waals surface area contributed by atoms with Crippen LogP contribution in [0.25, 0.3) is 0 Å². The Morgan fingerprint density at radius 2 is 1.81 bits per heavy atom. The summed E-state index contributed by atoms with van der Waals surface area (Å²) >= 11 is 3.93. The highest BCUT2D eigenvalue weighted by Gasteiger charge is 2.59. The zero-order valence-corrected chi connectivity index (χ0v) is 17.0. The molecule has 0 radical (unpaired) electrons. The third-order valence-corrected chi connectivity index (χ3v) is 7.39. The number of amides is 2. The molecule has 27 heavy (non-hydrogen) atoms. The lowest BCUT2D eigenvalue weighted by molar-refractivity contribution is -0.144. The molecule has 4 aliphatic carbocycles. The number of hydrogen-bond acceptors (Lipinski definition) is 2. The zero-order chi connectivity index (χ0) is 19.1. The first-order valence-electron chi connectivity index (χ1n) is 9.84. The Morgan fingerprint density at radius 1 is 1.11 bits per heavy atom. The Hall–Kier alpha value is -1.43. The first kappa shape index (κ1) is 18.9. The second-order valence-electron chi connectivity index (χ2n) is 8.80. The van der Waals surface area contributed by atoms with Crippen molar-refractivity contribution in [1.82, 2.24) is 10.6 Å². The predicted octanol–water partition coefficient (Wildman–Crippen LogP) is 3.33. The van der Waals surface area contributed by atoms with Gasteiger partial charge in [0.2, 0.25) is 11.8 Å². The van der Waals surface area contributed by atoms with Gasteiger partial charge in [0, 0.05) is 17.4 Å². The molecule has 6 heteroatoms. The lowest BCUT2D eigenvalue weighted by Gasteiger charge is -2.59. The van der Waals surface area contributed by atoms with Crippen LogP contribution < -0.4 is 10.6 Å². The molecule has 2 amide bonds. The molecule has 0 aromatic heterocycles. The standard InChI is InChI=1S/C21H26BrFN2O2/c22-21-11-15-6-16(12-21)10-20(9-15,13-21)19(27)25-5-4-24-18(26)8-14-2-1-3-17(23)7-14/h1-3,7,15-16H,4-6,8-13H2,(H,24,26)(H,25,27). The van der Waals surface area contributed by atoms with Crippen molar-refractivity contribution < 1.29 is 14.0 Å². The summed E-state index contributed by atoms with van der Waals surface area (Å²) < 4.78 is 13.3. The fraction of sp³-hybridized carbons (Fsp3) is 0.619. The van der Waals surface area contributed by atoms with E-state index in [1.54, 1.807) is 12.1 Å². The summed E-state index contributed by atoms with van der Waals surface area (Å²) in [4.78, 5) is 24.9. The number of hydrogen-bond donors (Lipinski definition) is 2. The van der Waals surface area contributed by atoms with Crippen molar-refractivity contribution in [1.29, 1.82) is 0 Å². The van der Waals surface area contributed by atoms with Gasteiger partial charge in [-0.15, -0.1) is 0 Å². The Kier molecular flexibility index (Phi) is 5.04. The molecule has 2 atom stereocenters. The summed E-state index contributed by atoms with van der Waals surface area (Å²) in [7, 11) is 0. The average molecular weight is 437 g/mol. The van der Waals surface area contributed by atoms with Crippen LogP contribution in [-0.4, -0.2) is 29.2 Å². The minimum absolute atomic E-state index is 0.144. The van der Waals surface area contributed by atoms with Gasteiger partial charge in [0.05, 0.1) is 11.8 Å². The van der Waals surface area contributed by atoms with Gasteiger partial charge in [0.15, 0.2) is 0 Å². The molecule has 0 spiro atoms. The molecular formula is C21H26BrFN2O2. The minimum atomic E-state index is -0.340. The summed E-state index contributed by atoms with van der Waals surface area (Å²) in [5, 5.41) is 5.85. The average Bonchev–Trinajstić information content (AvgIpc) is 2.56. The van der Waals surface area contributed by atoms with Gasteiger partial charge in [-0.3, -0.25) is 9.59 Å². The molecule has 0 heterocycles. The van der Waals surface area contributed by atoms with E-state index in [1.807, 2.05) is 0 Å². The quantitative estimate of drug-likeness (QED) is 0.530. The fourth-order valence-electron chi connectivity index (χ4n) is 5.88. The highest BCUT2D eigenvalue weighted by Crippen LogP contribution is 2.64. The second-order valence-corrected chi connectivity index (χ2v) is 10.5. The minimum Gasteiger partial charge on any atom is -0.354 e. The first-order valence-corrected chi connectivity index (χ1v) is 10.6. The maximum atomic E-state index is 13.2. The van der Waals surface area contributed by atoms with Gasteiger partial charge in [-0.05, 0) is 68.1 Å². The molecule has 2 N–H and O–H groups in total. The molecule has 4 aliphatic rings. The Balaban J connectivity index is 1.24. The van der Waals surface area contributed by atoms with E-state index in [1.165, 1.54) is 31.4 Å². The summed E-state index contributed by atoms with van der Waals surface area (Å²) in [6.07, 6.45) is 6.78. The fourth-order valence-corrected chi connectivity index (χ4v) is 7.33. The van der Waals surface area contributed by atoms with Gasteiger partial charge >= 0.3 is 0 Å².